The van der Waals surface area contributed by atoms with Crippen LogP contribution >= 0.6 is 0 Å². The third-order valence-corrected chi connectivity index (χ3v) is 3.36. The summed E-state index contributed by atoms with van der Waals surface area (Å²) in [5.41, 5.74) is 3.34. The molecule has 1 N–H and O–H groups in total. The Morgan fingerprint density at radius 1 is 1.24 bits per heavy atom. The molecule has 0 aliphatic carbocycles. The molecule has 112 valence electrons. The van der Waals surface area contributed by atoms with E-state index in [9.17, 15) is 0 Å². The second-order valence-electron chi connectivity index (χ2n) is 4.85. The monoisotopic (exact) mass is 286 g/mol. The Balaban J connectivity index is 2.44. The summed E-state index contributed by atoms with van der Waals surface area (Å²) < 4.78 is 11.0. The zero-order valence-electron chi connectivity index (χ0n) is 13.0. The quantitative estimate of drug-likeness (QED) is 0.886. The molecule has 0 saturated heterocycles. The predicted molar refractivity (Wildman–Crippen MR) is 84.0 cm³/mol. The second-order valence-corrected chi connectivity index (χ2v) is 4.85. The fourth-order valence-corrected chi connectivity index (χ4v) is 2.42. The molecular weight excluding hydrogens is 264 g/mol. The van der Waals surface area contributed by atoms with Crippen molar-refractivity contribution in [3.63, 3.8) is 0 Å². The van der Waals surface area contributed by atoms with Gasteiger partial charge in [-0.3, -0.25) is 4.98 Å². The number of methoxy groups -OCH3 is 1. The van der Waals surface area contributed by atoms with Gasteiger partial charge in [-0.25, -0.2) is 0 Å². The molecule has 0 bridgehead atoms. The summed E-state index contributed by atoms with van der Waals surface area (Å²) in [4.78, 5) is 4.27. The highest BCUT2D eigenvalue weighted by molar-refractivity contribution is 5.44. The van der Waals surface area contributed by atoms with Crippen molar-refractivity contribution in [3.05, 3.63) is 53.3 Å². The Morgan fingerprint density at radius 3 is 2.71 bits per heavy atom. The zero-order chi connectivity index (χ0) is 15.2. The van der Waals surface area contributed by atoms with Crippen LogP contribution in [-0.4, -0.2) is 25.7 Å². The number of hydrogen-bond acceptors (Lipinski definition) is 4. The summed E-state index contributed by atoms with van der Waals surface area (Å²) in [5, 5.41) is 3.33. The van der Waals surface area contributed by atoms with Gasteiger partial charge in [0.05, 0.1) is 26.0 Å². The van der Waals surface area contributed by atoms with Crippen LogP contribution in [0.15, 0.2) is 36.7 Å². The van der Waals surface area contributed by atoms with Crippen molar-refractivity contribution in [1.29, 1.82) is 0 Å². The van der Waals surface area contributed by atoms with Crippen LogP contribution in [0.1, 0.15) is 29.7 Å². The highest BCUT2D eigenvalue weighted by Gasteiger charge is 2.17. The van der Waals surface area contributed by atoms with E-state index in [1.807, 2.05) is 38.4 Å². The van der Waals surface area contributed by atoms with Crippen LogP contribution in [0.5, 0.6) is 11.5 Å². The highest BCUT2D eigenvalue weighted by atomic mass is 16.5. The summed E-state index contributed by atoms with van der Waals surface area (Å²) in [6.45, 7) is 4.67. The lowest BCUT2D eigenvalue weighted by atomic mass is 9.97. The second kappa shape index (κ2) is 7.09. The molecule has 0 aliphatic rings. The van der Waals surface area contributed by atoms with Crippen molar-refractivity contribution < 1.29 is 9.47 Å². The van der Waals surface area contributed by atoms with E-state index in [0.717, 1.165) is 22.6 Å². The van der Waals surface area contributed by atoms with Gasteiger partial charge >= 0.3 is 0 Å². The van der Waals surface area contributed by atoms with E-state index < -0.39 is 0 Å². The Kier molecular flexibility index (Phi) is 5.17. The number of pyridine rings is 1. The van der Waals surface area contributed by atoms with Crippen LogP contribution in [-0.2, 0) is 0 Å². The van der Waals surface area contributed by atoms with Gasteiger partial charge in [-0.05, 0) is 38.6 Å². The number of aryl methyl sites for hydroxylation is 1. The minimum atomic E-state index is 0.00718. The van der Waals surface area contributed by atoms with Gasteiger partial charge in [0.2, 0.25) is 0 Å². The molecule has 2 rings (SSSR count). The van der Waals surface area contributed by atoms with E-state index in [-0.39, 0.29) is 6.04 Å². The number of ether oxygens (including phenoxy) is 2. The normalized spacial score (nSPS) is 12.0. The van der Waals surface area contributed by atoms with Gasteiger partial charge < -0.3 is 14.8 Å². The van der Waals surface area contributed by atoms with Crippen molar-refractivity contribution in [2.24, 2.45) is 0 Å². The van der Waals surface area contributed by atoms with Crippen LogP contribution in [0, 0.1) is 6.92 Å². The highest BCUT2D eigenvalue weighted by Crippen LogP contribution is 2.31. The Hall–Kier alpha value is -2.07. The minimum Gasteiger partial charge on any atom is -0.496 e. The van der Waals surface area contributed by atoms with Crippen molar-refractivity contribution >= 4 is 0 Å². The summed E-state index contributed by atoms with van der Waals surface area (Å²) in [7, 11) is 3.62. The number of rotatable bonds is 6. The summed E-state index contributed by atoms with van der Waals surface area (Å²) in [5.74, 6) is 1.64. The fraction of sp³-hybridized carbons (Fsp3) is 0.353. The molecule has 1 unspecified atom stereocenters. The molecule has 21 heavy (non-hydrogen) atoms. The standard InChI is InChI=1S/C17H22N2O2/c1-5-21-14-9-13(10-19-11-14)17(18-3)15-8-12(2)6-7-16(15)20-4/h6-11,17-18H,5H2,1-4H3. The first-order chi connectivity index (χ1) is 10.2. The van der Waals surface area contributed by atoms with Gasteiger partial charge in [0.1, 0.15) is 11.5 Å². The number of nitrogens with one attached hydrogen (secondary N) is 1. The van der Waals surface area contributed by atoms with E-state index in [2.05, 4.69) is 23.3 Å². The average molecular weight is 286 g/mol. The Bertz CT molecular complexity index is 599. The smallest absolute Gasteiger partial charge is 0.137 e. The van der Waals surface area contributed by atoms with Gasteiger partial charge in [0.15, 0.2) is 0 Å². The molecule has 1 aromatic carbocycles. The lowest BCUT2D eigenvalue weighted by molar-refractivity contribution is 0.338. The lowest BCUT2D eigenvalue weighted by Crippen LogP contribution is -2.19. The van der Waals surface area contributed by atoms with Crippen molar-refractivity contribution in [3.8, 4) is 11.5 Å². The Labute approximate surface area is 126 Å². The van der Waals surface area contributed by atoms with Gasteiger partial charge in [-0.2, -0.15) is 0 Å². The van der Waals surface area contributed by atoms with Crippen molar-refractivity contribution in [1.82, 2.24) is 10.3 Å². The molecule has 1 atom stereocenters. The lowest BCUT2D eigenvalue weighted by Gasteiger charge is -2.20. The van der Waals surface area contributed by atoms with Gasteiger partial charge in [-0.1, -0.05) is 17.7 Å². The minimum absolute atomic E-state index is 0.00718. The summed E-state index contributed by atoms with van der Waals surface area (Å²) in [6.07, 6.45) is 3.58. The maximum absolute atomic E-state index is 5.54. The van der Waals surface area contributed by atoms with Crippen molar-refractivity contribution in [2.45, 2.75) is 19.9 Å². The van der Waals surface area contributed by atoms with Crippen LogP contribution in [0.4, 0.5) is 0 Å². The van der Waals surface area contributed by atoms with E-state index >= 15 is 0 Å². The average Bonchev–Trinajstić information content (AvgIpc) is 2.49. The van der Waals surface area contributed by atoms with Crippen LogP contribution in [0.2, 0.25) is 0 Å². The number of hydrogen-bond donors (Lipinski definition) is 1. The molecule has 2 aromatic rings. The zero-order valence-corrected chi connectivity index (χ0v) is 13.0. The predicted octanol–water partition coefficient (Wildman–Crippen LogP) is 3.11. The van der Waals surface area contributed by atoms with E-state index in [0.29, 0.717) is 6.61 Å². The van der Waals surface area contributed by atoms with E-state index in [1.54, 1.807) is 13.3 Å². The molecule has 1 aromatic heterocycles. The molecule has 0 spiro atoms. The maximum atomic E-state index is 5.54. The van der Waals surface area contributed by atoms with E-state index in [4.69, 9.17) is 9.47 Å². The molecular formula is C17H22N2O2. The SMILES string of the molecule is CCOc1cncc(C(NC)c2cc(C)ccc2OC)c1. The summed E-state index contributed by atoms with van der Waals surface area (Å²) in [6, 6.07) is 8.19. The first kappa shape index (κ1) is 15.3. The Morgan fingerprint density at radius 2 is 2.05 bits per heavy atom. The van der Waals surface area contributed by atoms with Gasteiger partial charge in [-0.15, -0.1) is 0 Å². The number of nitrogens with zero attached hydrogens (tertiary/aromatic N) is 1. The topological polar surface area (TPSA) is 43.4 Å². The molecule has 1 heterocycles. The molecule has 4 heteroatoms. The van der Waals surface area contributed by atoms with Crippen LogP contribution < -0.4 is 14.8 Å². The maximum Gasteiger partial charge on any atom is 0.137 e. The molecule has 0 fully saturated rings. The first-order valence-electron chi connectivity index (χ1n) is 7.09. The van der Waals surface area contributed by atoms with Gasteiger partial charge in [0.25, 0.3) is 0 Å². The molecule has 0 aliphatic heterocycles. The molecule has 4 nitrogen and oxygen atoms in total. The fourth-order valence-electron chi connectivity index (χ4n) is 2.42. The number of benzene rings is 1. The van der Waals surface area contributed by atoms with Crippen LogP contribution in [0.3, 0.4) is 0 Å². The van der Waals surface area contributed by atoms with Gasteiger partial charge in [0, 0.05) is 11.8 Å². The molecule has 0 amide bonds. The number of aromatic nitrogens is 1. The molecule has 0 radical (unpaired) electrons. The van der Waals surface area contributed by atoms with Crippen molar-refractivity contribution in [2.75, 3.05) is 20.8 Å². The summed E-state index contributed by atoms with van der Waals surface area (Å²) >= 11 is 0. The van der Waals surface area contributed by atoms with Crippen LogP contribution in [0.25, 0.3) is 0 Å². The van der Waals surface area contributed by atoms with E-state index in [1.165, 1.54) is 5.56 Å². The third kappa shape index (κ3) is 3.52. The first-order valence-corrected chi connectivity index (χ1v) is 7.09. The largest absolute Gasteiger partial charge is 0.496 e. The molecule has 0 saturated carbocycles. The third-order valence-electron chi connectivity index (χ3n) is 3.36.